The lowest BCUT2D eigenvalue weighted by Crippen LogP contribution is -2.01. The fraction of sp³-hybridized carbons (Fsp3) is 0.0714. The lowest BCUT2D eigenvalue weighted by atomic mass is 10.2. The number of hydrogen-bond acceptors (Lipinski definition) is 4. The molecule has 0 aromatic heterocycles. The number of hydrogen-bond donors (Lipinski definition) is 1. The van der Waals surface area contributed by atoms with Crippen molar-refractivity contribution in [2.24, 2.45) is 0 Å². The zero-order valence-electron chi connectivity index (χ0n) is 10.6. The van der Waals surface area contributed by atoms with Gasteiger partial charge in [0, 0.05) is 22.8 Å². The minimum atomic E-state index is -0.425. The number of anilines is 1. The molecule has 0 heterocycles. The van der Waals surface area contributed by atoms with Crippen molar-refractivity contribution in [2.45, 2.75) is 6.54 Å². The Bertz CT molecular complexity index is 741. The fourth-order valence-electron chi connectivity index (χ4n) is 1.73. The summed E-state index contributed by atoms with van der Waals surface area (Å²) in [6, 6.07) is 12.3. The molecule has 5 nitrogen and oxygen atoms in total. The third kappa shape index (κ3) is 3.80. The number of nitro groups is 1. The molecule has 0 radical (unpaired) electrons. The van der Waals surface area contributed by atoms with Crippen molar-refractivity contribution in [1.29, 1.82) is 5.26 Å². The second-order valence-electron chi connectivity index (χ2n) is 4.20. The molecule has 2 aromatic rings. The Morgan fingerprint density at radius 2 is 1.95 bits per heavy atom. The Balaban J connectivity index is 2.15. The van der Waals surface area contributed by atoms with Crippen LogP contribution < -0.4 is 5.32 Å². The van der Waals surface area contributed by atoms with Gasteiger partial charge in [-0.2, -0.15) is 5.26 Å². The summed E-state index contributed by atoms with van der Waals surface area (Å²) in [6.07, 6.45) is 0. The highest BCUT2D eigenvalue weighted by Crippen LogP contribution is 2.27. The summed E-state index contributed by atoms with van der Waals surface area (Å²) in [7, 11) is 0. The molecular formula is C14H9Br2N3O2. The number of nitrogens with zero attached hydrogens (tertiary/aromatic N) is 2. The molecule has 2 aromatic carbocycles. The predicted molar refractivity (Wildman–Crippen MR) is 87.0 cm³/mol. The van der Waals surface area contributed by atoms with Crippen molar-refractivity contribution < 1.29 is 4.92 Å². The van der Waals surface area contributed by atoms with Gasteiger partial charge in [-0.3, -0.25) is 10.1 Å². The van der Waals surface area contributed by atoms with Gasteiger partial charge in [0.25, 0.3) is 5.69 Å². The molecule has 2 rings (SSSR count). The van der Waals surface area contributed by atoms with Gasteiger partial charge in [0.2, 0.25) is 0 Å². The lowest BCUT2D eigenvalue weighted by molar-refractivity contribution is -0.385. The van der Waals surface area contributed by atoms with Gasteiger partial charge in [-0.25, -0.2) is 0 Å². The summed E-state index contributed by atoms with van der Waals surface area (Å²) in [6.45, 7) is 0.443. The molecule has 0 spiro atoms. The molecule has 0 unspecified atom stereocenters. The average molecular weight is 411 g/mol. The summed E-state index contributed by atoms with van der Waals surface area (Å²) in [5.41, 5.74) is 2.21. The van der Waals surface area contributed by atoms with E-state index >= 15 is 0 Å². The van der Waals surface area contributed by atoms with Crippen LogP contribution >= 0.6 is 31.9 Å². The van der Waals surface area contributed by atoms with E-state index in [1.165, 1.54) is 6.07 Å². The molecule has 0 fully saturated rings. The van der Waals surface area contributed by atoms with E-state index in [4.69, 9.17) is 5.26 Å². The van der Waals surface area contributed by atoms with Crippen LogP contribution in [-0.2, 0) is 6.54 Å². The van der Waals surface area contributed by atoms with Crippen LogP contribution in [0, 0.1) is 21.4 Å². The zero-order chi connectivity index (χ0) is 15.4. The van der Waals surface area contributed by atoms with E-state index in [0.29, 0.717) is 16.6 Å². The highest BCUT2D eigenvalue weighted by molar-refractivity contribution is 9.11. The van der Waals surface area contributed by atoms with E-state index in [9.17, 15) is 10.1 Å². The quantitative estimate of drug-likeness (QED) is 0.589. The molecule has 0 aliphatic heterocycles. The maximum Gasteiger partial charge on any atom is 0.283 e. The van der Waals surface area contributed by atoms with Crippen LogP contribution in [0.5, 0.6) is 0 Å². The topological polar surface area (TPSA) is 79.0 Å². The first-order chi connectivity index (χ1) is 10.0. The SMILES string of the molecule is N#Cc1ccc(NCc2ccc(Br)c([N+](=O)[O-])c2)c(Br)c1. The van der Waals surface area contributed by atoms with Crippen LogP contribution in [0.3, 0.4) is 0 Å². The van der Waals surface area contributed by atoms with Crippen LogP contribution in [0.1, 0.15) is 11.1 Å². The van der Waals surface area contributed by atoms with Crippen molar-refractivity contribution in [3.8, 4) is 6.07 Å². The summed E-state index contributed by atoms with van der Waals surface area (Å²) in [5, 5.41) is 22.9. The minimum absolute atomic E-state index is 0.0354. The normalized spacial score (nSPS) is 9.95. The molecule has 0 amide bonds. The molecule has 0 aliphatic rings. The summed E-state index contributed by atoms with van der Waals surface area (Å²) in [4.78, 5) is 10.5. The Morgan fingerprint density at radius 1 is 1.19 bits per heavy atom. The van der Waals surface area contributed by atoms with Crippen LogP contribution in [0.15, 0.2) is 45.3 Å². The Morgan fingerprint density at radius 3 is 2.57 bits per heavy atom. The third-order valence-electron chi connectivity index (χ3n) is 2.79. The molecule has 21 heavy (non-hydrogen) atoms. The van der Waals surface area contributed by atoms with Gasteiger partial charge in [-0.15, -0.1) is 0 Å². The summed E-state index contributed by atoms with van der Waals surface area (Å²) >= 11 is 6.54. The molecular weight excluding hydrogens is 402 g/mol. The molecule has 0 aliphatic carbocycles. The van der Waals surface area contributed by atoms with Crippen molar-refractivity contribution in [3.63, 3.8) is 0 Å². The number of benzene rings is 2. The van der Waals surface area contributed by atoms with Gasteiger partial charge in [0.1, 0.15) is 0 Å². The molecule has 0 saturated carbocycles. The van der Waals surface area contributed by atoms with E-state index in [1.54, 1.807) is 24.3 Å². The zero-order valence-corrected chi connectivity index (χ0v) is 13.8. The van der Waals surface area contributed by atoms with Crippen molar-refractivity contribution in [1.82, 2.24) is 0 Å². The largest absolute Gasteiger partial charge is 0.380 e. The standard InChI is InChI=1S/C14H9Br2N3O2/c15-11-3-1-10(6-14(11)19(20)21)8-18-13-4-2-9(7-17)5-12(13)16/h1-6,18H,8H2. The highest BCUT2D eigenvalue weighted by Gasteiger charge is 2.12. The predicted octanol–water partition coefficient (Wildman–Crippen LogP) is 4.60. The smallest absolute Gasteiger partial charge is 0.283 e. The van der Waals surface area contributed by atoms with Gasteiger partial charge in [0.15, 0.2) is 0 Å². The Labute approximate surface area is 138 Å². The van der Waals surface area contributed by atoms with Crippen LogP contribution in [-0.4, -0.2) is 4.92 Å². The van der Waals surface area contributed by atoms with Crippen LogP contribution in [0.25, 0.3) is 0 Å². The first kappa shape index (κ1) is 15.5. The van der Waals surface area contributed by atoms with Gasteiger partial charge < -0.3 is 5.32 Å². The van der Waals surface area contributed by atoms with Crippen LogP contribution in [0.4, 0.5) is 11.4 Å². The second kappa shape index (κ2) is 6.70. The van der Waals surface area contributed by atoms with E-state index in [2.05, 4.69) is 43.2 Å². The van der Waals surface area contributed by atoms with E-state index in [1.807, 2.05) is 6.07 Å². The summed E-state index contributed by atoms with van der Waals surface area (Å²) < 4.78 is 1.23. The second-order valence-corrected chi connectivity index (χ2v) is 5.91. The highest BCUT2D eigenvalue weighted by atomic mass is 79.9. The monoisotopic (exact) mass is 409 g/mol. The van der Waals surface area contributed by atoms with E-state index in [0.717, 1.165) is 15.7 Å². The van der Waals surface area contributed by atoms with Crippen molar-refractivity contribution in [2.75, 3.05) is 5.32 Å². The molecule has 106 valence electrons. The van der Waals surface area contributed by atoms with Gasteiger partial charge in [-0.05, 0) is 61.7 Å². The number of nitrogens with one attached hydrogen (secondary N) is 1. The van der Waals surface area contributed by atoms with Gasteiger partial charge in [-0.1, -0.05) is 6.07 Å². The number of nitriles is 1. The number of halogens is 2. The van der Waals surface area contributed by atoms with Crippen molar-refractivity contribution in [3.05, 3.63) is 66.6 Å². The van der Waals surface area contributed by atoms with E-state index < -0.39 is 4.92 Å². The Hall–Kier alpha value is -1.91. The molecule has 1 N–H and O–H groups in total. The number of nitro benzene ring substituents is 1. The average Bonchev–Trinajstić information content (AvgIpc) is 2.47. The van der Waals surface area contributed by atoms with Gasteiger partial charge >= 0.3 is 0 Å². The molecule has 0 atom stereocenters. The molecule has 0 bridgehead atoms. The van der Waals surface area contributed by atoms with Gasteiger partial charge in [0.05, 0.1) is 21.0 Å². The van der Waals surface area contributed by atoms with Crippen molar-refractivity contribution >= 4 is 43.2 Å². The fourth-order valence-corrected chi connectivity index (χ4v) is 2.64. The molecule has 0 saturated heterocycles. The Kier molecular flexibility index (Phi) is 4.94. The van der Waals surface area contributed by atoms with E-state index in [-0.39, 0.29) is 5.69 Å². The van der Waals surface area contributed by atoms with Crippen LogP contribution in [0.2, 0.25) is 0 Å². The first-order valence-electron chi connectivity index (χ1n) is 5.87. The number of rotatable bonds is 4. The minimum Gasteiger partial charge on any atom is -0.380 e. The first-order valence-corrected chi connectivity index (χ1v) is 7.46. The maximum absolute atomic E-state index is 10.9. The summed E-state index contributed by atoms with van der Waals surface area (Å²) in [5.74, 6) is 0. The maximum atomic E-state index is 10.9. The molecule has 7 heteroatoms. The lowest BCUT2D eigenvalue weighted by Gasteiger charge is -2.09. The third-order valence-corrected chi connectivity index (χ3v) is 4.12.